The molecule has 0 aliphatic carbocycles. The van der Waals surface area contributed by atoms with Gasteiger partial charge in [0.25, 0.3) is 5.91 Å². The van der Waals surface area contributed by atoms with E-state index in [2.05, 4.69) is 22.0 Å². The summed E-state index contributed by atoms with van der Waals surface area (Å²) >= 11 is 0. The molecule has 2 aromatic rings. The van der Waals surface area contributed by atoms with Crippen LogP contribution in [0.2, 0.25) is 0 Å². The number of likely N-dealkylation sites (N-methyl/N-ethyl adjacent to an activating group) is 1. The maximum atomic E-state index is 12.5. The molecule has 0 N–H and O–H groups in total. The van der Waals surface area contributed by atoms with Gasteiger partial charge in [0.05, 0.1) is 0 Å². The number of likely N-dealkylation sites (tertiary alicyclic amines) is 1. The van der Waals surface area contributed by atoms with Crippen LogP contribution in [0.25, 0.3) is 0 Å². The van der Waals surface area contributed by atoms with Crippen LogP contribution < -0.4 is 0 Å². The molecule has 4 heterocycles. The molecule has 0 unspecified atom stereocenters. The van der Waals surface area contributed by atoms with E-state index in [1.807, 2.05) is 18.1 Å². The fourth-order valence-corrected chi connectivity index (χ4v) is 3.70. The number of piperidine rings is 1. The monoisotopic (exact) mass is 340 g/mol. The second-order valence-electron chi connectivity index (χ2n) is 7.13. The van der Waals surface area contributed by atoms with Crippen LogP contribution in [0.4, 0.5) is 0 Å². The van der Waals surface area contributed by atoms with E-state index in [4.69, 9.17) is 4.98 Å². The minimum atomic E-state index is 0.0217. The fraction of sp³-hybridized carbons (Fsp3) is 0.556. The fourth-order valence-electron chi connectivity index (χ4n) is 3.70. The molecule has 2 aliphatic heterocycles. The Hall–Kier alpha value is -2.28. The van der Waals surface area contributed by atoms with Crippen molar-refractivity contribution in [1.82, 2.24) is 29.5 Å². The highest BCUT2D eigenvalue weighted by molar-refractivity contribution is 5.92. The number of rotatable bonds is 2. The van der Waals surface area contributed by atoms with Gasteiger partial charge in [0, 0.05) is 69.2 Å². The number of nitrogens with zero attached hydrogens (tertiary/aromatic N) is 6. The topological polar surface area (TPSA) is 67.2 Å². The first kappa shape index (κ1) is 16.2. The molecule has 7 heteroatoms. The van der Waals surface area contributed by atoms with Crippen molar-refractivity contribution in [3.63, 3.8) is 0 Å². The third-order valence-electron chi connectivity index (χ3n) is 5.22. The molecule has 25 heavy (non-hydrogen) atoms. The van der Waals surface area contributed by atoms with Crippen LogP contribution in [0.5, 0.6) is 0 Å². The average molecular weight is 340 g/mol. The highest BCUT2D eigenvalue weighted by atomic mass is 16.2. The van der Waals surface area contributed by atoms with Crippen LogP contribution in [0, 0.1) is 0 Å². The molecule has 1 fully saturated rings. The summed E-state index contributed by atoms with van der Waals surface area (Å²) in [6, 6.07) is 1.78. The van der Waals surface area contributed by atoms with Gasteiger partial charge in [0.1, 0.15) is 11.5 Å². The van der Waals surface area contributed by atoms with Crippen molar-refractivity contribution >= 4 is 5.91 Å². The number of hydrogen-bond acceptors (Lipinski definition) is 5. The van der Waals surface area contributed by atoms with Crippen LogP contribution in [-0.2, 0) is 20.0 Å². The number of aryl methyl sites for hydroxylation is 1. The predicted molar refractivity (Wildman–Crippen MR) is 93.2 cm³/mol. The molecule has 132 valence electrons. The number of fused-ring (bicyclic) bond motifs is 1. The van der Waals surface area contributed by atoms with E-state index in [0.29, 0.717) is 11.6 Å². The zero-order chi connectivity index (χ0) is 17.4. The minimum absolute atomic E-state index is 0.0217. The van der Waals surface area contributed by atoms with Crippen molar-refractivity contribution in [3.05, 3.63) is 41.2 Å². The lowest BCUT2D eigenvalue weighted by Crippen LogP contribution is -2.38. The summed E-state index contributed by atoms with van der Waals surface area (Å²) in [5.41, 5.74) is 2.98. The van der Waals surface area contributed by atoms with E-state index in [-0.39, 0.29) is 5.91 Å². The quantitative estimate of drug-likeness (QED) is 0.822. The van der Waals surface area contributed by atoms with Crippen molar-refractivity contribution in [2.45, 2.75) is 31.7 Å². The zero-order valence-corrected chi connectivity index (χ0v) is 14.9. The molecule has 0 atom stereocenters. The SMILES string of the molecule is CN1CCc2nc(C3CCN(C(=O)c4ccn(C)n4)CC3)ncc2C1. The summed E-state index contributed by atoms with van der Waals surface area (Å²) in [6.45, 7) is 3.47. The number of carbonyl (C=O) groups excluding carboxylic acids is 1. The van der Waals surface area contributed by atoms with Crippen LogP contribution in [0.15, 0.2) is 18.5 Å². The van der Waals surface area contributed by atoms with Gasteiger partial charge in [0.15, 0.2) is 0 Å². The first-order valence-electron chi connectivity index (χ1n) is 8.92. The summed E-state index contributed by atoms with van der Waals surface area (Å²) in [5, 5.41) is 4.21. The second-order valence-corrected chi connectivity index (χ2v) is 7.13. The molecule has 2 aromatic heterocycles. The van der Waals surface area contributed by atoms with Gasteiger partial charge in [0.2, 0.25) is 0 Å². The van der Waals surface area contributed by atoms with Gasteiger partial charge in [-0.05, 0) is 26.0 Å². The third kappa shape index (κ3) is 3.28. The Morgan fingerprint density at radius 2 is 2.00 bits per heavy atom. The van der Waals surface area contributed by atoms with Gasteiger partial charge in [-0.15, -0.1) is 0 Å². The number of hydrogen-bond donors (Lipinski definition) is 0. The van der Waals surface area contributed by atoms with Gasteiger partial charge in [-0.1, -0.05) is 0 Å². The largest absolute Gasteiger partial charge is 0.337 e. The van der Waals surface area contributed by atoms with E-state index in [1.54, 1.807) is 16.9 Å². The van der Waals surface area contributed by atoms with Gasteiger partial charge in [-0.25, -0.2) is 9.97 Å². The summed E-state index contributed by atoms with van der Waals surface area (Å²) in [5.74, 6) is 1.32. The predicted octanol–water partition coefficient (Wildman–Crippen LogP) is 1.22. The van der Waals surface area contributed by atoms with Gasteiger partial charge in [-0.3, -0.25) is 9.48 Å². The smallest absolute Gasteiger partial charge is 0.274 e. The Bertz CT molecular complexity index is 778. The molecule has 0 aromatic carbocycles. The molecular weight excluding hydrogens is 316 g/mol. The average Bonchev–Trinajstić information content (AvgIpc) is 3.07. The van der Waals surface area contributed by atoms with E-state index < -0.39 is 0 Å². The molecule has 0 saturated carbocycles. The van der Waals surface area contributed by atoms with Gasteiger partial charge < -0.3 is 9.80 Å². The maximum Gasteiger partial charge on any atom is 0.274 e. The van der Waals surface area contributed by atoms with Crippen LogP contribution in [-0.4, -0.2) is 62.1 Å². The van der Waals surface area contributed by atoms with E-state index in [0.717, 1.165) is 51.3 Å². The van der Waals surface area contributed by atoms with Crippen molar-refractivity contribution in [1.29, 1.82) is 0 Å². The first-order chi connectivity index (χ1) is 12.1. The molecular formula is C18H24N6O. The summed E-state index contributed by atoms with van der Waals surface area (Å²) in [4.78, 5) is 26.2. The van der Waals surface area contributed by atoms with Crippen molar-refractivity contribution in [2.24, 2.45) is 7.05 Å². The Morgan fingerprint density at radius 3 is 2.72 bits per heavy atom. The third-order valence-corrected chi connectivity index (χ3v) is 5.22. The zero-order valence-electron chi connectivity index (χ0n) is 14.9. The van der Waals surface area contributed by atoms with E-state index >= 15 is 0 Å². The number of aromatic nitrogens is 4. The molecule has 2 aliphatic rings. The summed E-state index contributed by atoms with van der Waals surface area (Å²) in [7, 11) is 3.96. The molecule has 4 rings (SSSR count). The Morgan fingerprint density at radius 1 is 1.20 bits per heavy atom. The van der Waals surface area contributed by atoms with Crippen LogP contribution in [0.1, 0.15) is 46.3 Å². The lowest BCUT2D eigenvalue weighted by molar-refractivity contribution is 0.0704. The van der Waals surface area contributed by atoms with Crippen LogP contribution in [0.3, 0.4) is 0 Å². The summed E-state index contributed by atoms with van der Waals surface area (Å²) < 4.78 is 1.67. The van der Waals surface area contributed by atoms with E-state index in [9.17, 15) is 4.79 Å². The molecule has 1 amide bonds. The van der Waals surface area contributed by atoms with Gasteiger partial charge >= 0.3 is 0 Å². The first-order valence-corrected chi connectivity index (χ1v) is 8.92. The van der Waals surface area contributed by atoms with Crippen molar-refractivity contribution in [3.8, 4) is 0 Å². The van der Waals surface area contributed by atoms with E-state index in [1.165, 1.54) is 11.3 Å². The highest BCUT2D eigenvalue weighted by Crippen LogP contribution is 2.27. The normalized spacial score (nSPS) is 19.0. The Balaban J connectivity index is 1.41. The molecule has 0 radical (unpaired) electrons. The van der Waals surface area contributed by atoms with Crippen molar-refractivity contribution < 1.29 is 4.79 Å². The highest BCUT2D eigenvalue weighted by Gasteiger charge is 2.28. The standard InChI is InChI=1S/C18H24N6O/c1-22-7-5-15-14(12-22)11-19-17(20-15)13-3-9-24(10-4-13)18(25)16-6-8-23(2)21-16/h6,8,11,13H,3-5,7,9-10,12H2,1-2H3. The number of carbonyl (C=O) groups is 1. The second kappa shape index (κ2) is 6.55. The lowest BCUT2D eigenvalue weighted by atomic mass is 9.95. The maximum absolute atomic E-state index is 12.5. The Kier molecular flexibility index (Phi) is 4.25. The van der Waals surface area contributed by atoms with Crippen molar-refractivity contribution in [2.75, 3.05) is 26.7 Å². The molecule has 0 bridgehead atoms. The van der Waals surface area contributed by atoms with Crippen LogP contribution >= 0.6 is 0 Å². The molecule has 7 nitrogen and oxygen atoms in total. The van der Waals surface area contributed by atoms with Gasteiger partial charge in [-0.2, -0.15) is 5.10 Å². The lowest BCUT2D eigenvalue weighted by Gasteiger charge is -2.31. The summed E-state index contributed by atoms with van der Waals surface area (Å²) in [6.07, 6.45) is 6.63. The Labute approximate surface area is 147 Å². The molecule has 0 spiro atoms. The number of amides is 1. The minimum Gasteiger partial charge on any atom is -0.337 e. The molecule has 1 saturated heterocycles.